The first-order chi connectivity index (χ1) is 22.7. The largest absolute Gasteiger partial charge is 0.497 e. The molecule has 1 unspecified atom stereocenters. The van der Waals surface area contributed by atoms with Crippen LogP contribution >= 0.6 is 11.8 Å². The molecule has 0 bridgehead atoms. The maximum absolute atomic E-state index is 14.3. The number of benzene rings is 3. The second-order valence-electron chi connectivity index (χ2n) is 12.0. The Hall–Kier alpha value is -4.41. The Labute approximate surface area is 281 Å². The molecule has 1 fully saturated rings. The second-order valence-corrected chi connectivity index (χ2v) is 12.9. The van der Waals surface area contributed by atoms with Crippen molar-refractivity contribution in [2.75, 3.05) is 49.4 Å². The third-order valence-electron chi connectivity index (χ3n) is 8.11. The predicted molar refractivity (Wildman–Crippen MR) is 187 cm³/mol. The number of carbonyl (C=O) groups is 2. The number of nitrogens with one attached hydrogen (secondary N) is 1. The highest BCUT2D eigenvalue weighted by Gasteiger charge is 2.32. The highest BCUT2D eigenvalue weighted by molar-refractivity contribution is 7.99. The monoisotopic (exact) mass is 653 g/mol. The van der Waals surface area contributed by atoms with Crippen LogP contribution in [0.1, 0.15) is 53.9 Å². The number of morpholine rings is 1. The number of aromatic nitrogens is 2. The van der Waals surface area contributed by atoms with E-state index in [0.717, 1.165) is 46.9 Å². The summed E-state index contributed by atoms with van der Waals surface area (Å²) in [6.07, 6.45) is 0. The Balaban J connectivity index is 1.47. The number of aryl methyl sites for hydroxylation is 2. The van der Waals surface area contributed by atoms with E-state index in [-0.39, 0.29) is 24.1 Å². The van der Waals surface area contributed by atoms with Crippen molar-refractivity contribution in [3.63, 3.8) is 0 Å². The van der Waals surface area contributed by atoms with Crippen LogP contribution in [0.2, 0.25) is 0 Å². The van der Waals surface area contributed by atoms with Gasteiger partial charge in [-0.1, -0.05) is 62.0 Å². The minimum absolute atomic E-state index is 0.0706. The number of hydrogen-bond acceptors (Lipinski definition) is 8. The van der Waals surface area contributed by atoms with Gasteiger partial charge in [0.2, 0.25) is 5.91 Å². The second kappa shape index (κ2) is 15.9. The number of rotatable bonds is 12. The van der Waals surface area contributed by atoms with Gasteiger partial charge in [0.25, 0.3) is 5.91 Å². The number of thioether (sulfide) groups is 1. The summed E-state index contributed by atoms with van der Waals surface area (Å²) >= 11 is 1.27. The molecule has 1 atom stereocenters. The number of carbonyl (C=O) groups excluding carboxylic acids is 2. The molecule has 3 aromatic carbocycles. The lowest BCUT2D eigenvalue weighted by atomic mass is 9.97. The Morgan fingerprint density at radius 1 is 0.915 bits per heavy atom. The highest BCUT2D eigenvalue weighted by atomic mass is 32.2. The maximum atomic E-state index is 14.3. The Morgan fingerprint density at radius 2 is 1.53 bits per heavy atom. The zero-order valence-corrected chi connectivity index (χ0v) is 28.5. The molecule has 0 saturated carbocycles. The fourth-order valence-electron chi connectivity index (χ4n) is 5.54. The van der Waals surface area contributed by atoms with Crippen LogP contribution in [0.25, 0.3) is 0 Å². The molecule has 246 valence electrons. The van der Waals surface area contributed by atoms with Gasteiger partial charge in [-0.2, -0.15) is 0 Å². The van der Waals surface area contributed by atoms with Crippen molar-refractivity contribution in [3.05, 3.63) is 107 Å². The van der Waals surface area contributed by atoms with Crippen LogP contribution in [-0.4, -0.2) is 65.8 Å². The Morgan fingerprint density at radius 3 is 2.13 bits per heavy atom. The Bertz CT molecular complexity index is 1620. The van der Waals surface area contributed by atoms with Gasteiger partial charge >= 0.3 is 0 Å². The summed E-state index contributed by atoms with van der Waals surface area (Å²) in [7, 11) is 1.62. The van der Waals surface area contributed by atoms with E-state index in [9.17, 15) is 9.59 Å². The van der Waals surface area contributed by atoms with Crippen LogP contribution in [-0.2, 0) is 20.9 Å². The minimum atomic E-state index is -0.898. The summed E-state index contributed by atoms with van der Waals surface area (Å²) in [5.41, 5.74) is 6.17. The van der Waals surface area contributed by atoms with Crippen LogP contribution in [0, 0.1) is 13.8 Å². The summed E-state index contributed by atoms with van der Waals surface area (Å²) in [5, 5.41) is 3.64. The normalized spacial score (nSPS) is 13.7. The van der Waals surface area contributed by atoms with E-state index in [1.54, 1.807) is 12.0 Å². The third kappa shape index (κ3) is 9.11. The minimum Gasteiger partial charge on any atom is -0.497 e. The topological polar surface area (TPSA) is 96.9 Å². The average Bonchev–Trinajstić information content (AvgIpc) is 3.08. The van der Waals surface area contributed by atoms with Gasteiger partial charge < -0.3 is 24.6 Å². The van der Waals surface area contributed by atoms with Crippen LogP contribution in [0.3, 0.4) is 0 Å². The molecular formula is C37H43N5O4S. The standard InChI is InChI=1S/C37H43N5O4S/c1-25(2)29-8-10-30(11-9-29)35(36(44)40-31-12-14-32(15-13-31)41-18-20-46-21-19-41)42(23-28-6-16-33(45-5)17-7-28)34(43)24-47-37-38-26(3)22-27(4)39-37/h6-17,22,25,35H,18-21,23-24H2,1-5H3,(H,40,44). The molecule has 0 spiro atoms. The number of ether oxygens (including phenoxy) is 2. The lowest BCUT2D eigenvalue weighted by Gasteiger charge is -2.32. The fourth-order valence-corrected chi connectivity index (χ4v) is 6.38. The molecule has 9 nitrogen and oxygen atoms in total. The molecule has 10 heteroatoms. The van der Waals surface area contributed by atoms with Crippen LogP contribution in [0.4, 0.5) is 11.4 Å². The molecule has 4 aromatic rings. The van der Waals surface area contributed by atoms with Gasteiger partial charge in [-0.25, -0.2) is 9.97 Å². The third-order valence-corrected chi connectivity index (χ3v) is 8.94. The first-order valence-corrected chi connectivity index (χ1v) is 16.9. The zero-order valence-electron chi connectivity index (χ0n) is 27.7. The van der Waals surface area contributed by atoms with Gasteiger partial charge in [-0.15, -0.1) is 0 Å². The Kier molecular flexibility index (Phi) is 11.5. The van der Waals surface area contributed by atoms with Crippen molar-refractivity contribution >= 4 is 35.0 Å². The fraction of sp³-hybridized carbons (Fsp3) is 0.351. The van der Waals surface area contributed by atoms with Crippen molar-refractivity contribution < 1.29 is 19.1 Å². The van der Waals surface area contributed by atoms with E-state index in [2.05, 4.69) is 34.0 Å². The van der Waals surface area contributed by atoms with Crippen molar-refractivity contribution in [1.29, 1.82) is 0 Å². The van der Waals surface area contributed by atoms with Gasteiger partial charge in [-0.3, -0.25) is 9.59 Å². The zero-order chi connectivity index (χ0) is 33.3. The molecule has 0 radical (unpaired) electrons. The molecule has 1 aromatic heterocycles. The number of nitrogens with zero attached hydrogens (tertiary/aromatic N) is 4. The summed E-state index contributed by atoms with van der Waals surface area (Å²) < 4.78 is 10.8. The van der Waals surface area contributed by atoms with Gasteiger partial charge in [-0.05, 0) is 78.9 Å². The number of amides is 2. The van der Waals surface area contributed by atoms with E-state index in [1.807, 2.05) is 92.7 Å². The predicted octanol–water partition coefficient (Wildman–Crippen LogP) is 6.56. The van der Waals surface area contributed by atoms with E-state index < -0.39 is 6.04 Å². The van der Waals surface area contributed by atoms with E-state index in [0.29, 0.717) is 35.7 Å². The summed E-state index contributed by atoms with van der Waals surface area (Å²) in [5.74, 6) is 0.613. The van der Waals surface area contributed by atoms with Crippen molar-refractivity contribution in [1.82, 2.24) is 14.9 Å². The summed E-state index contributed by atoms with van der Waals surface area (Å²) in [6.45, 7) is 11.3. The molecular weight excluding hydrogens is 611 g/mol. The molecule has 0 aliphatic carbocycles. The van der Waals surface area contributed by atoms with E-state index in [1.165, 1.54) is 11.8 Å². The SMILES string of the molecule is COc1ccc(CN(C(=O)CSc2nc(C)cc(C)n2)C(C(=O)Nc2ccc(N3CCOCC3)cc2)c2ccc(C(C)C)cc2)cc1. The van der Waals surface area contributed by atoms with Crippen LogP contribution in [0.5, 0.6) is 5.75 Å². The summed E-state index contributed by atoms with van der Waals surface area (Å²) in [4.78, 5) is 41.5. The van der Waals surface area contributed by atoms with E-state index in [4.69, 9.17) is 9.47 Å². The lowest BCUT2D eigenvalue weighted by molar-refractivity contribution is -0.137. The van der Waals surface area contributed by atoms with Gasteiger partial charge in [0.15, 0.2) is 5.16 Å². The van der Waals surface area contributed by atoms with Crippen molar-refractivity contribution in [2.24, 2.45) is 0 Å². The maximum Gasteiger partial charge on any atom is 0.251 e. The molecule has 1 aliphatic heterocycles. The molecule has 2 amide bonds. The van der Waals surface area contributed by atoms with Crippen LogP contribution in [0.15, 0.2) is 84.0 Å². The van der Waals surface area contributed by atoms with Gasteiger partial charge in [0.05, 0.1) is 26.1 Å². The molecule has 5 rings (SSSR count). The average molecular weight is 654 g/mol. The number of methoxy groups -OCH3 is 1. The number of anilines is 2. The number of hydrogen-bond donors (Lipinski definition) is 1. The van der Waals surface area contributed by atoms with Gasteiger partial charge in [0, 0.05) is 42.4 Å². The smallest absolute Gasteiger partial charge is 0.251 e. The van der Waals surface area contributed by atoms with Crippen molar-refractivity contribution in [3.8, 4) is 5.75 Å². The van der Waals surface area contributed by atoms with Gasteiger partial charge in [0.1, 0.15) is 11.8 Å². The summed E-state index contributed by atoms with van der Waals surface area (Å²) in [6, 6.07) is 24.4. The molecule has 1 saturated heterocycles. The molecule has 1 N–H and O–H groups in total. The molecule has 1 aliphatic rings. The lowest BCUT2D eigenvalue weighted by Crippen LogP contribution is -2.42. The highest BCUT2D eigenvalue weighted by Crippen LogP contribution is 2.30. The quantitative estimate of drug-likeness (QED) is 0.136. The molecule has 47 heavy (non-hydrogen) atoms. The first kappa shape index (κ1) is 33.9. The van der Waals surface area contributed by atoms with Crippen molar-refractivity contribution in [2.45, 2.75) is 51.4 Å². The van der Waals surface area contributed by atoms with Crippen LogP contribution < -0.4 is 15.0 Å². The first-order valence-electron chi connectivity index (χ1n) is 15.9. The molecule has 2 heterocycles. The van der Waals surface area contributed by atoms with E-state index >= 15 is 0 Å².